The highest BCUT2D eigenvalue weighted by molar-refractivity contribution is 7.80. The van der Waals surface area contributed by atoms with Gasteiger partial charge < -0.3 is 24.8 Å². The van der Waals surface area contributed by atoms with Gasteiger partial charge in [0.25, 0.3) is 0 Å². The van der Waals surface area contributed by atoms with Crippen molar-refractivity contribution in [3.8, 4) is 6.07 Å². The maximum absolute atomic E-state index is 12.7. The average Bonchev–Trinajstić information content (AvgIpc) is 3.35. The van der Waals surface area contributed by atoms with Crippen LogP contribution in [0.4, 0.5) is 0 Å². The molecule has 0 spiro atoms. The Bertz CT molecular complexity index is 1340. The van der Waals surface area contributed by atoms with Crippen molar-refractivity contribution in [1.82, 2.24) is 25.1 Å². The van der Waals surface area contributed by atoms with E-state index >= 15 is 0 Å². The smallest absolute Gasteiger partial charge is 0.325 e. The van der Waals surface area contributed by atoms with Gasteiger partial charge in [-0.2, -0.15) is 5.26 Å². The second kappa shape index (κ2) is 15.1. The Labute approximate surface area is 242 Å². The highest BCUT2D eigenvalue weighted by atomic mass is 35.5. The van der Waals surface area contributed by atoms with E-state index in [0.29, 0.717) is 46.9 Å². The molecule has 3 rings (SSSR count). The van der Waals surface area contributed by atoms with Gasteiger partial charge in [0.1, 0.15) is 6.54 Å². The summed E-state index contributed by atoms with van der Waals surface area (Å²) in [5.41, 5.74) is 3.09. The van der Waals surface area contributed by atoms with Crippen molar-refractivity contribution in [3.63, 3.8) is 0 Å². The van der Waals surface area contributed by atoms with E-state index in [9.17, 15) is 9.59 Å². The summed E-state index contributed by atoms with van der Waals surface area (Å²) in [5.74, 6) is -0.603. The number of hydrogen-bond acceptors (Lipinski definition) is 6. The molecular weight excluding hydrogens is 559 g/mol. The number of nitrogens with zero attached hydrogens (tertiary/aromatic N) is 4. The van der Waals surface area contributed by atoms with E-state index in [4.69, 9.17) is 45.4 Å². The minimum absolute atomic E-state index is 0.0813. The largest absolute Gasteiger partial charge is 0.465 e. The first-order chi connectivity index (χ1) is 18.8. The number of halogens is 2. The number of nitriles is 1. The van der Waals surface area contributed by atoms with E-state index in [1.54, 1.807) is 48.6 Å². The summed E-state index contributed by atoms with van der Waals surface area (Å²) < 4.78 is 6.84. The van der Waals surface area contributed by atoms with E-state index < -0.39 is 5.97 Å². The molecular formula is C27H28Cl2N6O3S. The zero-order valence-electron chi connectivity index (χ0n) is 21.3. The number of carbonyl (C=O) groups excluding carboxylic acids is 2. The molecule has 2 N–H and O–H groups in total. The molecule has 0 aliphatic carbocycles. The third kappa shape index (κ3) is 9.25. The van der Waals surface area contributed by atoms with Crippen LogP contribution in [0.1, 0.15) is 29.3 Å². The quantitative estimate of drug-likeness (QED) is 0.244. The Morgan fingerprint density at radius 3 is 2.67 bits per heavy atom. The van der Waals surface area contributed by atoms with Gasteiger partial charge in [-0.1, -0.05) is 47.5 Å². The van der Waals surface area contributed by atoms with Crippen molar-refractivity contribution in [1.29, 1.82) is 5.26 Å². The van der Waals surface area contributed by atoms with Crippen LogP contribution in [-0.2, 0) is 33.8 Å². The van der Waals surface area contributed by atoms with Gasteiger partial charge in [-0.15, -0.1) is 0 Å². The van der Waals surface area contributed by atoms with E-state index in [0.717, 1.165) is 16.8 Å². The van der Waals surface area contributed by atoms with Crippen LogP contribution in [0.15, 0.2) is 55.0 Å². The number of imidazole rings is 1. The molecule has 0 saturated carbocycles. The molecule has 0 aliphatic heterocycles. The van der Waals surface area contributed by atoms with Crippen LogP contribution in [0.5, 0.6) is 0 Å². The third-order valence-corrected chi connectivity index (χ3v) is 6.91. The Morgan fingerprint density at radius 1 is 1.18 bits per heavy atom. The van der Waals surface area contributed by atoms with Crippen LogP contribution in [0, 0.1) is 11.3 Å². The summed E-state index contributed by atoms with van der Waals surface area (Å²) >= 11 is 18.1. The first kappa shape index (κ1) is 29.9. The summed E-state index contributed by atoms with van der Waals surface area (Å²) in [6.07, 6.45) is 3.47. The molecule has 0 saturated heterocycles. The van der Waals surface area contributed by atoms with Crippen LogP contribution in [0.2, 0.25) is 10.0 Å². The van der Waals surface area contributed by atoms with Gasteiger partial charge in [0, 0.05) is 38.1 Å². The van der Waals surface area contributed by atoms with Crippen molar-refractivity contribution < 1.29 is 14.3 Å². The maximum Gasteiger partial charge on any atom is 0.325 e. The van der Waals surface area contributed by atoms with Crippen LogP contribution < -0.4 is 10.6 Å². The lowest BCUT2D eigenvalue weighted by Gasteiger charge is -2.26. The van der Waals surface area contributed by atoms with Crippen molar-refractivity contribution in [2.45, 2.75) is 26.4 Å². The molecule has 3 aromatic rings. The fourth-order valence-electron chi connectivity index (χ4n) is 3.68. The lowest BCUT2D eigenvalue weighted by molar-refractivity contribution is -0.141. The predicted octanol–water partition coefficient (Wildman–Crippen LogP) is 3.71. The molecule has 0 atom stereocenters. The Kier molecular flexibility index (Phi) is 11.6. The van der Waals surface area contributed by atoms with Crippen LogP contribution in [0.3, 0.4) is 0 Å². The van der Waals surface area contributed by atoms with Crippen molar-refractivity contribution in [2.75, 3.05) is 26.2 Å². The van der Waals surface area contributed by atoms with Crippen LogP contribution >= 0.6 is 35.4 Å². The van der Waals surface area contributed by atoms with Gasteiger partial charge in [-0.05, 0) is 48.5 Å². The van der Waals surface area contributed by atoms with Gasteiger partial charge >= 0.3 is 5.97 Å². The predicted molar refractivity (Wildman–Crippen MR) is 153 cm³/mol. The summed E-state index contributed by atoms with van der Waals surface area (Å²) in [4.78, 5) is 30.5. The summed E-state index contributed by atoms with van der Waals surface area (Å²) in [5, 5.41) is 15.9. The molecule has 1 amide bonds. The molecule has 12 heteroatoms. The van der Waals surface area contributed by atoms with Crippen molar-refractivity contribution in [2.24, 2.45) is 0 Å². The number of rotatable bonds is 12. The highest BCUT2D eigenvalue weighted by Gasteiger charge is 2.16. The van der Waals surface area contributed by atoms with E-state index in [2.05, 4.69) is 21.7 Å². The second-order valence-electron chi connectivity index (χ2n) is 8.45. The van der Waals surface area contributed by atoms with E-state index in [1.807, 2.05) is 22.8 Å². The van der Waals surface area contributed by atoms with Gasteiger partial charge in [0.15, 0.2) is 5.11 Å². The summed E-state index contributed by atoms with van der Waals surface area (Å²) in [6.45, 7) is 3.42. The second-order valence-corrected chi connectivity index (χ2v) is 9.62. The normalized spacial score (nSPS) is 10.4. The molecule has 0 bridgehead atoms. The number of aromatic nitrogens is 2. The lowest BCUT2D eigenvalue weighted by atomic mass is 10.1. The Hall–Kier alpha value is -3.65. The van der Waals surface area contributed by atoms with Gasteiger partial charge in [-0.25, -0.2) is 4.98 Å². The molecule has 2 aromatic carbocycles. The summed E-state index contributed by atoms with van der Waals surface area (Å²) in [7, 11) is 0. The topological polar surface area (TPSA) is 112 Å². The minimum atomic E-state index is -0.425. The number of nitrogens with one attached hydrogen (secondary N) is 2. The first-order valence-electron chi connectivity index (χ1n) is 12.2. The molecule has 1 aromatic heterocycles. The molecule has 9 nitrogen and oxygen atoms in total. The minimum Gasteiger partial charge on any atom is -0.465 e. The third-order valence-electron chi connectivity index (χ3n) is 5.65. The number of hydrogen-bond donors (Lipinski definition) is 2. The number of amides is 1. The molecule has 1 heterocycles. The van der Waals surface area contributed by atoms with Crippen molar-refractivity contribution in [3.05, 3.63) is 87.4 Å². The Balaban J connectivity index is 1.58. The summed E-state index contributed by atoms with van der Waals surface area (Å²) in [6, 6.07) is 14.7. The van der Waals surface area contributed by atoms with Crippen LogP contribution in [-0.4, -0.2) is 57.7 Å². The Morgan fingerprint density at radius 2 is 1.95 bits per heavy atom. The number of benzene rings is 2. The SMILES string of the molecule is CCOC(=O)CNC(=S)N(CCNC(=O)Cc1cncn1Cc1ccc(C#N)cc1)Cc1cccc(Cl)c1Cl. The average molecular weight is 588 g/mol. The molecule has 0 fully saturated rings. The molecule has 204 valence electrons. The van der Waals surface area contributed by atoms with Gasteiger partial charge in [-0.3, -0.25) is 9.59 Å². The molecule has 0 unspecified atom stereocenters. The molecule has 0 aliphatic rings. The lowest BCUT2D eigenvalue weighted by Crippen LogP contribution is -2.45. The highest BCUT2D eigenvalue weighted by Crippen LogP contribution is 2.26. The first-order valence-corrected chi connectivity index (χ1v) is 13.3. The zero-order valence-corrected chi connectivity index (χ0v) is 23.7. The number of ether oxygens (including phenoxy) is 1. The fourth-order valence-corrected chi connectivity index (χ4v) is 4.28. The van der Waals surface area contributed by atoms with Crippen molar-refractivity contribution >= 4 is 52.4 Å². The van der Waals surface area contributed by atoms with E-state index in [1.165, 1.54) is 0 Å². The molecule has 39 heavy (non-hydrogen) atoms. The van der Waals surface area contributed by atoms with Crippen LogP contribution in [0.25, 0.3) is 0 Å². The zero-order chi connectivity index (χ0) is 28.2. The molecule has 0 radical (unpaired) electrons. The number of esters is 1. The monoisotopic (exact) mass is 586 g/mol. The fraction of sp³-hybridized carbons (Fsp3) is 0.296. The standard InChI is InChI=1S/C27H28Cl2N6O3S/c1-2-38-25(37)15-33-27(39)34(17-21-4-3-5-23(28)26(21)29)11-10-32-24(36)12-22-14-31-18-35(22)16-20-8-6-19(13-30)7-9-20/h3-9,14,18H,2,10-12,15-17H2,1H3,(H,32,36)(H,33,39). The van der Waals surface area contributed by atoms with Gasteiger partial charge in [0.05, 0.1) is 41.0 Å². The van der Waals surface area contributed by atoms with Gasteiger partial charge in [0.2, 0.25) is 5.91 Å². The van der Waals surface area contributed by atoms with E-state index in [-0.39, 0.29) is 25.5 Å². The maximum atomic E-state index is 12.7. The number of thiocarbonyl (C=S) groups is 1. The number of carbonyl (C=O) groups is 2.